The maximum atomic E-state index is 13.0. The molecule has 1 unspecified atom stereocenters. The molecule has 0 aliphatic carbocycles. The summed E-state index contributed by atoms with van der Waals surface area (Å²) in [6, 6.07) is 9.94. The van der Waals surface area contributed by atoms with Gasteiger partial charge >= 0.3 is 5.97 Å². The van der Waals surface area contributed by atoms with Gasteiger partial charge in [-0.05, 0) is 31.9 Å². The summed E-state index contributed by atoms with van der Waals surface area (Å²) in [6.45, 7) is 3.77. The van der Waals surface area contributed by atoms with Crippen LogP contribution >= 0.6 is 0 Å². The lowest BCUT2D eigenvalue weighted by atomic mass is 9.97. The number of fused-ring (bicyclic) bond motifs is 1. The predicted octanol–water partition coefficient (Wildman–Crippen LogP) is 0.735. The quantitative estimate of drug-likeness (QED) is 0.459. The molecule has 1 fully saturated rings. The van der Waals surface area contributed by atoms with Crippen molar-refractivity contribution in [1.29, 1.82) is 5.26 Å². The fraction of sp³-hybridized carbons (Fsp3) is 0.476. The van der Waals surface area contributed by atoms with Gasteiger partial charge in [0.2, 0.25) is 5.78 Å². The van der Waals surface area contributed by atoms with Crippen LogP contribution < -0.4 is 14.7 Å². The van der Waals surface area contributed by atoms with E-state index in [4.69, 9.17) is 4.74 Å². The lowest BCUT2D eigenvalue weighted by molar-refractivity contribution is -0.899. The van der Waals surface area contributed by atoms with Crippen molar-refractivity contribution in [3.8, 4) is 6.07 Å². The summed E-state index contributed by atoms with van der Waals surface area (Å²) in [5.41, 5.74) is 2.09. The summed E-state index contributed by atoms with van der Waals surface area (Å²) in [5, 5.41) is 9.75. The number of carbonyl (C=O) groups is 2. The Balaban J connectivity index is 1.77. The Kier molecular flexibility index (Phi) is 6.00. The number of piperidine rings is 1. The number of benzene rings is 1. The van der Waals surface area contributed by atoms with E-state index in [2.05, 4.69) is 6.07 Å². The number of nitrogens with zero attached hydrogens (tertiary/aromatic N) is 3. The van der Waals surface area contributed by atoms with E-state index in [9.17, 15) is 14.9 Å². The Bertz CT molecular complexity index is 811. The number of hydrogen-bond donors (Lipinski definition) is 1. The van der Waals surface area contributed by atoms with E-state index in [1.54, 1.807) is 6.92 Å². The molecule has 7 heteroatoms. The molecule has 0 radical (unpaired) electrons. The average molecular weight is 383 g/mol. The van der Waals surface area contributed by atoms with E-state index < -0.39 is 0 Å². The monoisotopic (exact) mass is 383 g/mol. The number of Topliss-reactive ketones (excluding diaryl/α,β-unsaturated/α-hetero) is 1. The number of hydrogen-bond acceptors (Lipinski definition) is 6. The number of quaternary nitrogens is 1. The van der Waals surface area contributed by atoms with Crippen LogP contribution in [0.15, 0.2) is 35.7 Å². The second-order valence-electron chi connectivity index (χ2n) is 7.31. The molecule has 2 aliphatic heterocycles. The average Bonchev–Trinajstić information content (AvgIpc) is 2.95. The molecule has 2 atom stereocenters. The van der Waals surface area contributed by atoms with Gasteiger partial charge in [0.1, 0.15) is 29.9 Å². The third-order valence-corrected chi connectivity index (χ3v) is 5.50. The molecule has 0 amide bonds. The van der Waals surface area contributed by atoms with E-state index in [0.29, 0.717) is 19.0 Å². The predicted molar refractivity (Wildman–Crippen MR) is 106 cm³/mol. The summed E-state index contributed by atoms with van der Waals surface area (Å²) >= 11 is 0. The highest BCUT2D eigenvalue weighted by molar-refractivity contribution is 6.03. The smallest absolute Gasteiger partial charge is 0.314 e. The Hall–Kier alpha value is -2.85. The molecule has 148 valence electrons. The Morgan fingerprint density at radius 3 is 2.46 bits per heavy atom. The Morgan fingerprint density at radius 1 is 1.25 bits per heavy atom. The highest BCUT2D eigenvalue weighted by Gasteiger charge is 2.35. The first kappa shape index (κ1) is 19.9. The molecule has 1 aromatic carbocycles. The molecule has 1 saturated heterocycles. The normalized spacial score (nSPS) is 21.1. The summed E-state index contributed by atoms with van der Waals surface area (Å²) in [7, 11) is 3.74. The number of carbonyl (C=O) groups excluding carboxylic acids is 2. The fourth-order valence-electron chi connectivity index (χ4n) is 4.15. The van der Waals surface area contributed by atoms with Gasteiger partial charge in [0.15, 0.2) is 0 Å². The van der Waals surface area contributed by atoms with Gasteiger partial charge in [-0.25, -0.2) is 0 Å². The first-order valence-corrected chi connectivity index (χ1v) is 9.72. The molecule has 28 heavy (non-hydrogen) atoms. The number of esters is 1. The first-order chi connectivity index (χ1) is 13.5. The second-order valence-corrected chi connectivity index (χ2v) is 7.31. The Morgan fingerprint density at radius 2 is 1.89 bits per heavy atom. The van der Waals surface area contributed by atoms with Gasteiger partial charge in [0.25, 0.3) is 0 Å². The van der Waals surface area contributed by atoms with Crippen LogP contribution in [0.1, 0.15) is 19.8 Å². The van der Waals surface area contributed by atoms with E-state index in [1.165, 1.54) is 0 Å². The summed E-state index contributed by atoms with van der Waals surface area (Å²) in [5.74, 6) is 0.0584. The van der Waals surface area contributed by atoms with Crippen LogP contribution in [0, 0.1) is 17.2 Å². The van der Waals surface area contributed by atoms with Crippen molar-refractivity contribution in [3.05, 3.63) is 35.7 Å². The number of likely N-dealkylation sites (tertiary alicyclic amines) is 1. The molecule has 0 saturated carbocycles. The number of nitriles is 1. The second kappa shape index (κ2) is 8.44. The number of para-hydroxylation sites is 2. The van der Waals surface area contributed by atoms with Crippen molar-refractivity contribution in [1.82, 2.24) is 0 Å². The fourth-order valence-corrected chi connectivity index (χ4v) is 4.15. The molecule has 2 heterocycles. The highest BCUT2D eigenvalue weighted by Crippen LogP contribution is 2.40. The zero-order valence-electron chi connectivity index (χ0n) is 16.7. The first-order valence-electron chi connectivity index (χ1n) is 9.72. The van der Waals surface area contributed by atoms with Gasteiger partial charge in [-0.2, -0.15) is 5.26 Å². The topological polar surface area (TPSA) is 78.1 Å². The van der Waals surface area contributed by atoms with Gasteiger partial charge in [-0.1, -0.05) is 12.1 Å². The van der Waals surface area contributed by atoms with Crippen molar-refractivity contribution in [2.45, 2.75) is 19.8 Å². The summed E-state index contributed by atoms with van der Waals surface area (Å²) in [4.78, 5) is 29.9. The zero-order valence-corrected chi connectivity index (χ0v) is 16.7. The lowest BCUT2D eigenvalue weighted by Crippen LogP contribution is -3.14. The van der Waals surface area contributed by atoms with Crippen molar-refractivity contribution in [2.75, 3.05) is 50.1 Å². The molecular weight excluding hydrogens is 356 g/mol. The van der Waals surface area contributed by atoms with Gasteiger partial charge in [0.05, 0.1) is 31.1 Å². The minimum atomic E-state index is -0.191. The third kappa shape index (κ3) is 3.73. The van der Waals surface area contributed by atoms with Crippen molar-refractivity contribution in [2.24, 2.45) is 5.92 Å². The van der Waals surface area contributed by atoms with Crippen LogP contribution in [-0.4, -0.2) is 52.1 Å². The van der Waals surface area contributed by atoms with E-state index in [0.717, 1.165) is 35.7 Å². The molecular formula is C21H27N4O3+. The van der Waals surface area contributed by atoms with Crippen LogP contribution in [0.2, 0.25) is 0 Å². The SMILES string of the molecule is CCOC(=O)[C@@H]1CCC[NH+](CC(=O)C(C#N)=C2N(C)c3ccccc3N2C)C1. The maximum absolute atomic E-state index is 13.0. The van der Waals surface area contributed by atoms with Gasteiger partial charge in [-0.15, -0.1) is 0 Å². The largest absolute Gasteiger partial charge is 0.466 e. The summed E-state index contributed by atoms with van der Waals surface area (Å²) in [6.07, 6.45) is 1.67. The minimum Gasteiger partial charge on any atom is -0.466 e. The van der Waals surface area contributed by atoms with E-state index in [-0.39, 0.29) is 29.8 Å². The maximum Gasteiger partial charge on any atom is 0.314 e. The Labute approximate surface area is 165 Å². The summed E-state index contributed by atoms with van der Waals surface area (Å²) < 4.78 is 5.14. The van der Waals surface area contributed by atoms with Crippen LogP contribution in [0.4, 0.5) is 11.4 Å². The van der Waals surface area contributed by atoms with Crippen LogP contribution in [0.5, 0.6) is 0 Å². The number of anilines is 2. The number of ether oxygens (including phenoxy) is 1. The van der Waals surface area contributed by atoms with E-state index in [1.807, 2.05) is 48.2 Å². The van der Waals surface area contributed by atoms with Crippen molar-refractivity contribution in [3.63, 3.8) is 0 Å². The lowest BCUT2D eigenvalue weighted by Gasteiger charge is -2.28. The highest BCUT2D eigenvalue weighted by atomic mass is 16.5. The van der Waals surface area contributed by atoms with Crippen molar-refractivity contribution < 1.29 is 19.2 Å². The van der Waals surface area contributed by atoms with Crippen LogP contribution in [0.25, 0.3) is 0 Å². The third-order valence-electron chi connectivity index (χ3n) is 5.50. The molecule has 3 rings (SSSR count). The van der Waals surface area contributed by atoms with Crippen LogP contribution in [-0.2, 0) is 14.3 Å². The zero-order chi connectivity index (χ0) is 20.3. The molecule has 0 bridgehead atoms. The standard InChI is InChI=1S/C21H26N4O3/c1-4-28-21(27)15-8-7-11-25(13-15)14-19(26)16(12-22)20-23(2)17-9-5-6-10-18(17)24(20)3/h5-6,9-10,15H,4,7-8,11,13-14H2,1-3H3/p+1/t15-/m1/s1. The molecule has 0 aromatic heterocycles. The van der Waals surface area contributed by atoms with E-state index >= 15 is 0 Å². The molecule has 7 nitrogen and oxygen atoms in total. The number of nitrogens with one attached hydrogen (secondary N) is 1. The number of rotatable bonds is 5. The molecule has 0 spiro atoms. The molecule has 2 aliphatic rings. The van der Waals surface area contributed by atoms with Crippen molar-refractivity contribution >= 4 is 23.1 Å². The minimum absolute atomic E-state index is 0.159. The van der Waals surface area contributed by atoms with Gasteiger partial charge < -0.3 is 19.4 Å². The number of ketones is 1. The molecule has 1 aromatic rings. The van der Waals surface area contributed by atoms with Crippen LogP contribution in [0.3, 0.4) is 0 Å². The van der Waals surface area contributed by atoms with Gasteiger partial charge in [0, 0.05) is 14.1 Å². The van der Waals surface area contributed by atoms with Gasteiger partial charge in [-0.3, -0.25) is 9.59 Å². The molecule has 1 N–H and O–H groups in total.